The van der Waals surface area contributed by atoms with Gasteiger partial charge in [-0.3, -0.25) is 0 Å². The number of carbonyl (C=O) groups is 1. The minimum absolute atomic E-state index is 0.0593. The highest BCUT2D eigenvalue weighted by atomic mass is 16.5. The Labute approximate surface area is 97.4 Å². The van der Waals surface area contributed by atoms with Crippen LogP contribution in [0, 0.1) is 6.92 Å². The number of hydrogen-bond acceptors (Lipinski definition) is 4. The van der Waals surface area contributed by atoms with Crippen molar-refractivity contribution in [3.05, 3.63) is 35.7 Å². The molecule has 0 radical (unpaired) electrons. The van der Waals surface area contributed by atoms with E-state index in [1.165, 1.54) is 4.68 Å². The van der Waals surface area contributed by atoms with E-state index < -0.39 is 5.97 Å². The molecule has 6 nitrogen and oxygen atoms in total. The van der Waals surface area contributed by atoms with E-state index in [0.29, 0.717) is 17.1 Å². The summed E-state index contributed by atoms with van der Waals surface area (Å²) in [7, 11) is 1.54. The van der Waals surface area contributed by atoms with E-state index in [9.17, 15) is 4.79 Å². The Morgan fingerprint density at radius 2 is 2.12 bits per heavy atom. The predicted octanol–water partition coefficient (Wildman–Crippen LogP) is 1.28. The third-order valence-electron chi connectivity index (χ3n) is 2.41. The maximum absolute atomic E-state index is 10.9. The van der Waals surface area contributed by atoms with Crippen molar-refractivity contribution in [3.8, 4) is 11.4 Å². The van der Waals surface area contributed by atoms with E-state index in [-0.39, 0.29) is 5.69 Å². The zero-order valence-electron chi connectivity index (χ0n) is 9.41. The number of nitrogens with zero attached hydrogens (tertiary/aromatic N) is 3. The van der Waals surface area contributed by atoms with E-state index in [4.69, 9.17) is 9.84 Å². The van der Waals surface area contributed by atoms with Gasteiger partial charge >= 0.3 is 5.97 Å². The van der Waals surface area contributed by atoms with Crippen LogP contribution in [0.4, 0.5) is 0 Å². The summed E-state index contributed by atoms with van der Waals surface area (Å²) < 4.78 is 6.64. The lowest BCUT2D eigenvalue weighted by atomic mass is 10.2. The van der Waals surface area contributed by atoms with Crippen molar-refractivity contribution < 1.29 is 14.6 Å². The third kappa shape index (κ3) is 1.84. The maximum Gasteiger partial charge on any atom is 0.358 e. The van der Waals surface area contributed by atoms with Crippen molar-refractivity contribution in [2.75, 3.05) is 7.11 Å². The first-order chi connectivity index (χ1) is 8.15. The normalized spacial score (nSPS) is 10.2. The summed E-state index contributed by atoms with van der Waals surface area (Å²) in [4.78, 5) is 10.9. The van der Waals surface area contributed by atoms with Crippen LogP contribution in [0.3, 0.4) is 0 Å². The van der Waals surface area contributed by atoms with E-state index >= 15 is 0 Å². The van der Waals surface area contributed by atoms with Gasteiger partial charge in [0.2, 0.25) is 0 Å². The van der Waals surface area contributed by atoms with Crippen molar-refractivity contribution in [2.24, 2.45) is 0 Å². The number of methoxy groups -OCH3 is 1. The molecule has 1 heterocycles. The molecular weight excluding hydrogens is 222 g/mol. The zero-order valence-corrected chi connectivity index (χ0v) is 9.41. The number of ether oxygens (including phenoxy) is 1. The van der Waals surface area contributed by atoms with Crippen LogP contribution in [0.1, 0.15) is 16.2 Å². The average Bonchev–Trinajstić information content (AvgIpc) is 2.71. The smallest absolute Gasteiger partial charge is 0.358 e. The largest absolute Gasteiger partial charge is 0.494 e. The topological polar surface area (TPSA) is 77.2 Å². The summed E-state index contributed by atoms with van der Waals surface area (Å²) in [6.45, 7) is 1.65. The van der Waals surface area contributed by atoms with E-state index in [2.05, 4.69) is 10.3 Å². The van der Waals surface area contributed by atoms with Gasteiger partial charge in [-0.05, 0) is 19.1 Å². The molecule has 2 rings (SSSR count). The minimum Gasteiger partial charge on any atom is -0.494 e. The number of hydrogen-bond donors (Lipinski definition) is 1. The first-order valence-corrected chi connectivity index (χ1v) is 4.94. The molecular formula is C11H11N3O3. The van der Waals surface area contributed by atoms with Crippen LogP contribution in [0.5, 0.6) is 5.75 Å². The molecule has 0 spiro atoms. The Hall–Kier alpha value is -2.37. The number of para-hydroxylation sites is 2. The molecule has 0 aliphatic rings. The summed E-state index contributed by atoms with van der Waals surface area (Å²) in [5.74, 6) is -0.485. The van der Waals surface area contributed by atoms with Crippen LogP contribution < -0.4 is 4.74 Å². The third-order valence-corrected chi connectivity index (χ3v) is 2.41. The van der Waals surface area contributed by atoms with E-state index in [1.54, 1.807) is 26.2 Å². The number of carboxylic acid groups (broad SMARTS) is 1. The highest BCUT2D eigenvalue weighted by molar-refractivity contribution is 5.86. The Balaban J connectivity index is 2.57. The number of benzene rings is 1. The molecule has 1 N–H and O–H groups in total. The van der Waals surface area contributed by atoms with Gasteiger partial charge in [0.15, 0.2) is 5.69 Å². The molecule has 0 fully saturated rings. The van der Waals surface area contributed by atoms with Gasteiger partial charge in [0, 0.05) is 0 Å². The Morgan fingerprint density at radius 1 is 1.41 bits per heavy atom. The van der Waals surface area contributed by atoms with E-state index in [1.807, 2.05) is 12.1 Å². The number of aromatic carboxylic acids is 1. The molecule has 1 aromatic carbocycles. The van der Waals surface area contributed by atoms with E-state index in [0.717, 1.165) is 0 Å². The monoisotopic (exact) mass is 233 g/mol. The van der Waals surface area contributed by atoms with Crippen molar-refractivity contribution in [3.63, 3.8) is 0 Å². The molecule has 0 bridgehead atoms. The van der Waals surface area contributed by atoms with Crippen LogP contribution in [0.2, 0.25) is 0 Å². The molecule has 0 aliphatic heterocycles. The summed E-state index contributed by atoms with van der Waals surface area (Å²) in [5, 5.41) is 16.4. The quantitative estimate of drug-likeness (QED) is 0.864. The molecule has 0 saturated carbocycles. The average molecular weight is 233 g/mol. The number of rotatable bonds is 3. The fourth-order valence-electron chi connectivity index (χ4n) is 1.56. The van der Waals surface area contributed by atoms with Crippen LogP contribution in [0.15, 0.2) is 24.3 Å². The van der Waals surface area contributed by atoms with Gasteiger partial charge in [-0.15, -0.1) is 5.10 Å². The number of aromatic nitrogens is 3. The standard InChI is InChI=1S/C11H11N3O3/c1-7-10(11(15)16)12-13-14(7)8-5-3-4-6-9(8)17-2/h3-6H,1-2H3,(H,15,16). The fraction of sp³-hybridized carbons (Fsp3) is 0.182. The lowest BCUT2D eigenvalue weighted by molar-refractivity contribution is 0.0689. The molecule has 1 aromatic heterocycles. The lowest BCUT2D eigenvalue weighted by Crippen LogP contribution is -2.04. The summed E-state index contributed by atoms with van der Waals surface area (Å²) in [6, 6.07) is 7.20. The molecule has 2 aromatic rings. The fourth-order valence-corrected chi connectivity index (χ4v) is 1.56. The first-order valence-electron chi connectivity index (χ1n) is 4.94. The second-order valence-electron chi connectivity index (χ2n) is 3.41. The maximum atomic E-state index is 10.9. The second-order valence-corrected chi connectivity index (χ2v) is 3.41. The Bertz CT molecular complexity index is 563. The van der Waals surface area contributed by atoms with Gasteiger partial charge in [0.1, 0.15) is 11.4 Å². The highest BCUT2D eigenvalue weighted by Gasteiger charge is 2.17. The van der Waals surface area contributed by atoms with Crippen molar-refractivity contribution in [2.45, 2.75) is 6.92 Å². The van der Waals surface area contributed by atoms with Gasteiger partial charge in [-0.1, -0.05) is 17.3 Å². The summed E-state index contributed by atoms with van der Waals surface area (Å²) in [5.41, 5.74) is 1.06. The van der Waals surface area contributed by atoms with Crippen molar-refractivity contribution in [1.29, 1.82) is 0 Å². The Kier molecular flexibility index (Phi) is 2.78. The molecule has 0 atom stereocenters. The van der Waals surface area contributed by atoms with Gasteiger partial charge in [0.25, 0.3) is 0 Å². The van der Waals surface area contributed by atoms with Crippen LogP contribution in [-0.2, 0) is 0 Å². The molecule has 0 unspecified atom stereocenters. The van der Waals surface area contributed by atoms with Crippen molar-refractivity contribution in [1.82, 2.24) is 15.0 Å². The van der Waals surface area contributed by atoms with Gasteiger partial charge in [-0.25, -0.2) is 9.48 Å². The Morgan fingerprint density at radius 3 is 2.71 bits per heavy atom. The summed E-state index contributed by atoms with van der Waals surface area (Å²) >= 11 is 0. The zero-order chi connectivity index (χ0) is 12.4. The molecule has 0 aliphatic carbocycles. The van der Waals surface area contributed by atoms with Crippen LogP contribution >= 0.6 is 0 Å². The van der Waals surface area contributed by atoms with Crippen molar-refractivity contribution >= 4 is 5.97 Å². The van der Waals surface area contributed by atoms with Gasteiger partial charge < -0.3 is 9.84 Å². The van der Waals surface area contributed by atoms with Crippen LogP contribution in [0.25, 0.3) is 5.69 Å². The SMILES string of the molecule is COc1ccccc1-n1nnc(C(=O)O)c1C. The number of carboxylic acids is 1. The second kappa shape index (κ2) is 4.25. The predicted molar refractivity (Wildman–Crippen MR) is 59.6 cm³/mol. The molecule has 6 heteroatoms. The minimum atomic E-state index is -1.09. The highest BCUT2D eigenvalue weighted by Crippen LogP contribution is 2.22. The van der Waals surface area contributed by atoms with Gasteiger partial charge in [-0.2, -0.15) is 0 Å². The summed E-state index contributed by atoms with van der Waals surface area (Å²) in [6.07, 6.45) is 0. The van der Waals surface area contributed by atoms with Crippen LogP contribution in [-0.4, -0.2) is 33.2 Å². The molecule has 0 saturated heterocycles. The van der Waals surface area contributed by atoms with Gasteiger partial charge in [0.05, 0.1) is 12.8 Å². The molecule has 0 amide bonds. The lowest BCUT2D eigenvalue weighted by Gasteiger charge is -2.08. The molecule has 17 heavy (non-hydrogen) atoms. The first kappa shape index (κ1) is 11.1. The molecule has 88 valence electrons.